The lowest BCUT2D eigenvalue weighted by molar-refractivity contribution is -0.117. The molecular formula is C17H25NO2. The molecule has 1 amide bonds. The van der Waals surface area contributed by atoms with Gasteiger partial charge in [0.05, 0.1) is 17.7 Å². The molecule has 2 N–H and O–H groups in total. The fourth-order valence-corrected chi connectivity index (χ4v) is 2.81. The van der Waals surface area contributed by atoms with Gasteiger partial charge >= 0.3 is 0 Å². The first kappa shape index (κ1) is 15.0. The first-order valence-corrected chi connectivity index (χ1v) is 7.45. The summed E-state index contributed by atoms with van der Waals surface area (Å²) in [5.41, 5.74) is 3.67. The molecule has 2 rings (SSSR count). The number of benzene rings is 1. The molecule has 0 spiro atoms. The van der Waals surface area contributed by atoms with Crippen LogP contribution in [0.1, 0.15) is 69.8 Å². The highest BCUT2D eigenvalue weighted by Gasteiger charge is 2.35. The molecular weight excluding hydrogens is 250 g/mol. The second-order valence-electron chi connectivity index (χ2n) is 6.72. The van der Waals surface area contributed by atoms with Gasteiger partial charge in [-0.2, -0.15) is 0 Å². The molecule has 0 radical (unpaired) electrons. The number of hydrogen-bond donors (Lipinski definition) is 2. The van der Waals surface area contributed by atoms with Gasteiger partial charge in [-0.1, -0.05) is 46.8 Å². The molecule has 0 saturated heterocycles. The van der Waals surface area contributed by atoms with E-state index in [9.17, 15) is 9.90 Å². The number of nitrogens with one attached hydrogen (secondary N) is 1. The molecule has 0 aromatic heterocycles. The Morgan fingerprint density at radius 2 is 1.95 bits per heavy atom. The maximum absolute atomic E-state index is 12.1. The first-order valence-electron chi connectivity index (χ1n) is 7.45. The van der Waals surface area contributed by atoms with Crippen molar-refractivity contribution in [1.82, 2.24) is 0 Å². The third-order valence-electron chi connectivity index (χ3n) is 4.13. The van der Waals surface area contributed by atoms with Crippen LogP contribution in [0, 0.1) is 5.41 Å². The van der Waals surface area contributed by atoms with E-state index in [2.05, 4.69) is 18.3 Å². The van der Waals surface area contributed by atoms with E-state index in [-0.39, 0.29) is 17.2 Å². The van der Waals surface area contributed by atoms with Gasteiger partial charge in [0.1, 0.15) is 0 Å². The maximum atomic E-state index is 12.1. The van der Waals surface area contributed by atoms with Gasteiger partial charge in [0, 0.05) is 5.56 Å². The van der Waals surface area contributed by atoms with Crippen LogP contribution in [0.15, 0.2) is 12.1 Å². The number of aliphatic hydroxyl groups is 1. The van der Waals surface area contributed by atoms with Crippen LogP contribution in [-0.2, 0) is 11.2 Å². The Kier molecular flexibility index (Phi) is 3.92. The highest BCUT2D eigenvalue weighted by atomic mass is 16.3. The molecule has 0 bridgehead atoms. The molecule has 0 aliphatic carbocycles. The second kappa shape index (κ2) is 5.21. The predicted octanol–water partition coefficient (Wildman–Crippen LogP) is 3.77. The molecule has 1 aliphatic rings. The highest BCUT2D eigenvalue weighted by Crippen LogP contribution is 2.44. The van der Waals surface area contributed by atoms with E-state index in [4.69, 9.17) is 0 Å². The van der Waals surface area contributed by atoms with E-state index in [0.717, 1.165) is 29.7 Å². The summed E-state index contributed by atoms with van der Waals surface area (Å²) in [7, 11) is 0. The highest BCUT2D eigenvalue weighted by molar-refractivity contribution is 6.03. The molecule has 0 fully saturated rings. The Balaban J connectivity index is 2.59. The third-order valence-corrected chi connectivity index (χ3v) is 4.13. The van der Waals surface area contributed by atoms with E-state index < -0.39 is 6.10 Å². The Morgan fingerprint density at radius 1 is 1.30 bits per heavy atom. The molecule has 1 aromatic rings. The lowest BCUT2D eigenvalue weighted by atomic mass is 9.82. The van der Waals surface area contributed by atoms with Crippen LogP contribution >= 0.6 is 0 Å². The zero-order chi connectivity index (χ0) is 15.1. The lowest BCUT2D eigenvalue weighted by Crippen LogP contribution is -2.19. The van der Waals surface area contributed by atoms with Crippen molar-refractivity contribution in [1.29, 1.82) is 0 Å². The molecule has 3 nitrogen and oxygen atoms in total. The summed E-state index contributed by atoms with van der Waals surface area (Å²) in [6.45, 7) is 10.2. The van der Waals surface area contributed by atoms with E-state index in [1.54, 1.807) is 0 Å². The molecule has 1 heterocycles. The molecule has 1 aromatic carbocycles. The summed E-state index contributed by atoms with van der Waals surface area (Å²) in [6.07, 6.45) is 1.11. The van der Waals surface area contributed by atoms with Crippen LogP contribution in [0.2, 0.25) is 0 Å². The van der Waals surface area contributed by atoms with Gasteiger partial charge in [-0.15, -0.1) is 0 Å². The van der Waals surface area contributed by atoms with Gasteiger partial charge in [-0.05, 0) is 29.4 Å². The summed E-state index contributed by atoms with van der Waals surface area (Å²) in [5.74, 6) is -0.0273. The number of rotatable bonds is 3. The van der Waals surface area contributed by atoms with Crippen molar-refractivity contribution < 1.29 is 9.90 Å². The number of carbonyl (C=O) groups excluding carboxylic acids is 1. The standard InChI is InChI=1S/C17H25NO2/c1-6-10-8-12-11(7-2)16(20)18-14(12)13(9-10)15(19)17(3,4)5/h8-9,11,15,19H,6-7H2,1-5H3,(H,18,20). The third kappa shape index (κ3) is 2.47. The van der Waals surface area contributed by atoms with Crippen molar-refractivity contribution in [3.63, 3.8) is 0 Å². The topological polar surface area (TPSA) is 49.3 Å². The molecule has 20 heavy (non-hydrogen) atoms. The normalized spacial score (nSPS) is 19.7. The number of aliphatic hydroxyl groups excluding tert-OH is 1. The Morgan fingerprint density at radius 3 is 2.45 bits per heavy atom. The first-order chi connectivity index (χ1) is 9.29. The molecule has 3 heteroatoms. The average molecular weight is 275 g/mol. The van der Waals surface area contributed by atoms with Gasteiger partial charge in [0.25, 0.3) is 0 Å². The van der Waals surface area contributed by atoms with Crippen molar-refractivity contribution in [3.05, 3.63) is 28.8 Å². The molecule has 2 atom stereocenters. The summed E-state index contributed by atoms with van der Waals surface area (Å²) in [6, 6.07) is 4.15. The minimum Gasteiger partial charge on any atom is -0.388 e. The van der Waals surface area contributed by atoms with Crippen LogP contribution in [-0.4, -0.2) is 11.0 Å². The maximum Gasteiger partial charge on any atom is 0.232 e. The molecule has 110 valence electrons. The largest absolute Gasteiger partial charge is 0.388 e. The number of carbonyl (C=O) groups is 1. The van der Waals surface area contributed by atoms with Gasteiger partial charge in [-0.3, -0.25) is 4.79 Å². The summed E-state index contributed by atoms with van der Waals surface area (Å²) in [4.78, 5) is 12.1. The van der Waals surface area contributed by atoms with Crippen molar-refractivity contribution in [2.45, 2.75) is 59.5 Å². The van der Waals surface area contributed by atoms with Crippen LogP contribution in [0.5, 0.6) is 0 Å². The van der Waals surface area contributed by atoms with Crippen molar-refractivity contribution in [2.24, 2.45) is 5.41 Å². The van der Waals surface area contributed by atoms with Gasteiger partial charge in [0.2, 0.25) is 5.91 Å². The van der Waals surface area contributed by atoms with Crippen LogP contribution in [0.25, 0.3) is 0 Å². The minimum atomic E-state index is -0.585. The number of amides is 1. The average Bonchev–Trinajstić information content (AvgIpc) is 2.70. The Bertz CT molecular complexity index is 529. The fourth-order valence-electron chi connectivity index (χ4n) is 2.81. The molecule has 2 unspecified atom stereocenters. The molecule has 1 aliphatic heterocycles. The molecule has 0 saturated carbocycles. The van der Waals surface area contributed by atoms with Crippen molar-refractivity contribution in [3.8, 4) is 0 Å². The van der Waals surface area contributed by atoms with Crippen molar-refractivity contribution >= 4 is 11.6 Å². The smallest absolute Gasteiger partial charge is 0.232 e. The van der Waals surface area contributed by atoms with E-state index in [0.29, 0.717) is 0 Å². The number of aryl methyl sites for hydroxylation is 1. The zero-order valence-electron chi connectivity index (χ0n) is 13.1. The van der Waals surface area contributed by atoms with Crippen LogP contribution < -0.4 is 5.32 Å². The fraction of sp³-hybridized carbons (Fsp3) is 0.588. The SMILES string of the molecule is CCc1cc2c(c(C(O)C(C)(C)C)c1)NC(=O)C2CC. The minimum absolute atomic E-state index is 0.0538. The number of anilines is 1. The van der Waals surface area contributed by atoms with E-state index in [1.165, 1.54) is 5.56 Å². The lowest BCUT2D eigenvalue weighted by Gasteiger charge is -2.28. The summed E-state index contributed by atoms with van der Waals surface area (Å²) >= 11 is 0. The summed E-state index contributed by atoms with van der Waals surface area (Å²) < 4.78 is 0. The predicted molar refractivity (Wildman–Crippen MR) is 81.9 cm³/mol. The number of fused-ring (bicyclic) bond motifs is 1. The van der Waals surface area contributed by atoms with Crippen molar-refractivity contribution in [2.75, 3.05) is 5.32 Å². The Labute approximate surface area is 121 Å². The van der Waals surface area contributed by atoms with Crippen LogP contribution in [0.3, 0.4) is 0 Å². The van der Waals surface area contributed by atoms with Crippen LogP contribution in [0.4, 0.5) is 5.69 Å². The Hall–Kier alpha value is -1.35. The van der Waals surface area contributed by atoms with Gasteiger partial charge < -0.3 is 10.4 Å². The second-order valence-corrected chi connectivity index (χ2v) is 6.72. The summed E-state index contributed by atoms with van der Waals surface area (Å²) in [5, 5.41) is 13.6. The van der Waals surface area contributed by atoms with E-state index in [1.807, 2.05) is 33.8 Å². The van der Waals surface area contributed by atoms with E-state index >= 15 is 0 Å². The monoisotopic (exact) mass is 275 g/mol. The van der Waals surface area contributed by atoms with Gasteiger partial charge in [-0.25, -0.2) is 0 Å². The number of hydrogen-bond acceptors (Lipinski definition) is 2. The zero-order valence-corrected chi connectivity index (χ0v) is 13.1. The van der Waals surface area contributed by atoms with Gasteiger partial charge in [0.15, 0.2) is 0 Å². The quantitative estimate of drug-likeness (QED) is 0.882.